The zero-order valence-corrected chi connectivity index (χ0v) is 7.73. The third-order valence-corrected chi connectivity index (χ3v) is 2.69. The Morgan fingerprint density at radius 2 is 2.29 bits per heavy atom. The summed E-state index contributed by atoms with van der Waals surface area (Å²) in [5.74, 6) is -0.441. The van der Waals surface area contributed by atoms with Crippen LogP contribution in [0.2, 0.25) is 0 Å². The van der Waals surface area contributed by atoms with Gasteiger partial charge in [-0.1, -0.05) is 0 Å². The second kappa shape index (κ2) is 3.52. The van der Waals surface area contributed by atoms with Crippen molar-refractivity contribution in [1.82, 2.24) is 4.31 Å². The summed E-state index contributed by atoms with van der Waals surface area (Å²) in [6.07, 6.45) is -1.11. The van der Waals surface area contributed by atoms with E-state index in [-0.39, 0.29) is 0 Å². The monoisotopic (exact) mass is 224 g/mol. The molecule has 1 amide bonds. The minimum Gasteiger partial charge on any atom is -0.448 e. The first-order valence-electron chi connectivity index (χ1n) is 3.51. The van der Waals surface area contributed by atoms with Crippen LogP contribution in [0.3, 0.4) is 0 Å². The van der Waals surface area contributed by atoms with Gasteiger partial charge in [0.15, 0.2) is 5.78 Å². The van der Waals surface area contributed by atoms with Gasteiger partial charge < -0.3 is 10.5 Å². The highest BCUT2D eigenvalue weighted by Crippen LogP contribution is 2.17. The molecule has 0 radical (unpaired) electrons. The van der Waals surface area contributed by atoms with Gasteiger partial charge in [0.1, 0.15) is 12.6 Å². The number of carbonyl (C=O) groups is 2. The number of hydrogen-bond acceptors (Lipinski definition) is 5. The van der Waals surface area contributed by atoms with Crippen molar-refractivity contribution in [2.75, 3.05) is 13.2 Å². The van der Waals surface area contributed by atoms with Gasteiger partial charge in [-0.15, -0.1) is 0 Å². The molecule has 1 fully saturated rings. The van der Waals surface area contributed by atoms with Gasteiger partial charge in [-0.05, 0) is 0 Å². The Hall–Kier alpha value is -1.19. The molecule has 9 heteroatoms. The van der Waals surface area contributed by atoms with Crippen molar-refractivity contribution in [3.8, 4) is 0 Å². The predicted octanol–water partition coefficient (Wildman–Crippen LogP) is -1.86. The van der Waals surface area contributed by atoms with E-state index in [1.807, 2.05) is 0 Å². The predicted molar refractivity (Wildman–Crippen MR) is 42.6 cm³/mol. The minimum absolute atomic E-state index is 0.411. The topological polar surface area (TPSA) is 127 Å². The van der Waals surface area contributed by atoms with Crippen LogP contribution in [0.4, 0.5) is 4.79 Å². The molecule has 0 spiro atoms. The molecular weight excluding hydrogens is 216 g/mol. The molecule has 1 aliphatic heterocycles. The first-order chi connectivity index (χ1) is 6.32. The van der Waals surface area contributed by atoms with Crippen LogP contribution >= 0.6 is 0 Å². The number of nitrogens with two attached hydrogens (primary N) is 1. The SMILES string of the molecule is NC(=O)OCC1C(=O)CN1S(=O)(=O)O. The van der Waals surface area contributed by atoms with E-state index in [4.69, 9.17) is 4.55 Å². The Morgan fingerprint density at radius 3 is 2.64 bits per heavy atom. The van der Waals surface area contributed by atoms with Crippen LogP contribution in [0.5, 0.6) is 0 Å². The molecule has 0 aliphatic carbocycles. The molecule has 1 rings (SSSR count). The highest BCUT2D eigenvalue weighted by atomic mass is 32.2. The molecule has 0 aromatic heterocycles. The van der Waals surface area contributed by atoms with Crippen molar-refractivity contribution >= 4 is 22.2 Å². The molecule has 1 atom stereocenters. The second-order valence-corrected chi connectivity index (χ2v) is 4.00. The standard InChI is InChI=1S/C5H8N2O6S/c6-5(9)13-2-3-4(8)1-7(3)14(10,11)12/h3H,1-2H2,(H2,6,9)(H,10,11,12). The van der Waals surface area contributed by atoms with E-state index in [0.29, 0.717) is 4.31 Å². The van der Waals surface area contributed by atoms with E-state index in [2.05, 4.69) is 10.5 Å². The number of hydrogen-bond donors (Lipinski definition) is 2. The third kappa shape index (κ3) is 2.19. The van der Waals surface area contributed by atoms with Crippen LogP contribution in [0.25, 0.3) is 0 Å². The summed E-state index contributed by atoms with van der Waals surface area (Å²) in [5.41, 5.74) is 4.62. The van der Waals surface area contributed by atoms with E-state index in [9.17, 15) is 18.0 Å². The van der Waals surface area contributed by atoms with Crippen molar-refractivity contribution < 1.29 is 27.3 Å². The van der Waals surface area contributed by atoms with Gasteiger partial charge >= 0.3 is 16.4 Å². The van der Waals surface area contributed by atoms with Gasteiger partial charge in [-0.2, -0.15) is 12.7 Å². The Balaban J connectivity index is 2.59. The number of ether oxygens (including phenoxy) is 1. The van der Waals surface area contributed by atoms with Crippen LogP contribution in [0.1, 0.15) is 0 Å². The number of carbonyl (C=O) groups excluding carboxylic acids is 2. The molecular formula is C5H8N2O6S. The number of Topliss-reactive ketones (excluding diaryl/α,β-unsaturated/α-hetero) is 1. The molecule has 3 N–H and O–H groups in total. The lowest BCUT2D eigenvalue weighted by molar-refractivity contribution is -0.133. The van der Waals surface area contributed by atoms with E-state index < -0.39 is 41.4 Å². The fraction of sp³-hybridized carbons (Fsp3) is 0.600. The van der Waals surface area contributed by atoms with E-state index in [1.165, 1.54) is 0 Å². The number of ketones is 1. The fourth-order valence-corrected chi connectivity index (χ4v) is 1.79. The van der Waals surface area contributed by atoms with Gasteiger partial charge in [0, 0.05) is 0 Å². The van der Waals surface area contributed by atoms with E-state index >= 15 is 0 Å². The van der Waals surface area contributed by atoms with Crippen molar-refractivity contribution in [1.29, 1.82) is 0 Å². The first-order valence-corrected chi connectivity index (χ1v) is 4.91. The van der Waals surface area contributed by atoms with Gasteiger partial charge in [0.05, 0.1) is 6.54 Å². The van der Waals surface area contributed by atoms with E-state index in [1.54, 1.807) is 0 Å². The summed E-state index contributed by atoms with van der Waals surface area (Å²) in [7, 11) is -4.42. The average Bonchev–Trinajstić information content (AvgIpc) is 1.97. The molecule has 1 saturated heterocycles. The fourth-order valence-electron chi connectivity index (χ4n) is 0.997. The van der Waals surface area contributed by atoms with Crippen molar-refractivity contribution in [2.24, 2.45) is 5.73 Å². The summed E-state index contributed by atoms with van der Waals surface area (Å²) < 4.78 is 34.5. The quantitative estimate of drug-likeness (QED) is 0.541. The maximum absolute atomic E-state index is 10.9. The summed E-state index contributed by atoms with van der Waals surface area (Å²) >= 11 is 0. The molecule has 1 heterocycles. The van der Waals surface area contributed by atoms with Crippen LogP contribution in [0, 0.1) is 0 Å². The molecule has 1 unspecified atom stereocenters. The zero-order valence-electron chi connectivity index (χ0n) is 6.91. The summed E-state index contributed by atoms with van der Waals surface area (Å²) in [5, 5.41) is 0. The highest BCUT2D eigenvalue weighted by molar-refractivity contribution is 7.83. The molecule has 0 saturated carbocycles. The molecule has 80 valence electrons. The molecule has 0 aromatic rings. The van der Waals surface area contributed by atoms with Crippen LogP contribution < -0.4 is 5.73 Å². The van der Waals surface area contributed by atoms with Crippen molar-refractivity contribution in [3.63, 3.8) is 0 Å². The van der Waals surface area contributed by atoms with E-state index in [0.717, 1.165) is 0 Å². The lowest BCUT2D eigenvalue weighted by Crippen LogP contribution is -2.61. The maximum Gasteiger partial charge on any atom is 0.404 e. The summed E-state index contributed by atoms with van der Waals surface area (Å²) in [6, 6.07) is -1.16. The maximum atomic E-state index is 10.9. The smallest absolute Gasteiger partial charge is 0.404 e. The van der Waals surface area contributed by atoms with Crippen LogP contribution in [0.15, 0.2) is 0 Å². The number of amides is 1. The van der Waals surface area contributed by atoms with Gasteiger partial charge in [-0.25, -0.2) is 4.79 Å². The lowest BCUT2D eigenvalue weighted by atomic mass is 10.1. The number of nitrogens with zero attached hydrogens (tertiary/aromatic N) is 1. The molecule has 0 bridgehead atoms. The van der Waals surface area contributed by atoms with Crippen LogP contribution in [-0.2, 0) is 19.8 Å². The second-order valence-electron chi connectivity index (χ2n) is 2.64. The Kier molecular flexibility index (Phi) is 2.73. The summed E-state index contributed by atoms with van der Waals surface area (Å²) in [6.45, 7) is -0.889. The molecule has 0 aromatic carbocycles. The third-order valence-electron chi connectivity index (χ3n) is 1.71. The molecule has 1 aliphatic rings. The number of primary amides is 1. The van der Waals surface area contributed by atoms with Crippen LogP contribution in [-0.4, -0.2) is 48.3 Å². The normalized spacial score (nSPS) is 22.9. The van der Waals surface area contributed by atoms with Crippen molar-refractivity contribution in [2.45, 2.75) is 6.04 Å². The zero-order chi connectivity index (χ0) is 10.9. The molecule has 14 heavy (non-hydrogen) atoms. The van der Waals surface area contributed by atoms with Gasteiger partial charge in [0.2, 0.25) is 0 Å². The van der Waals surface area contributed by atoms with Crippen molar-refractivity contribution in [3.05, 3.63) is 0 Å². The minimum atomic E-state index is -4.42. The average molecular weight is 224 g/mol. The Bertz CT molecular complexity index is 362. The van der Waals surface area contributed by atoms with Gasteiger partial charge in [0.25, 0.3) is 0 Å². The number of rotatable bonds is 3. The Morgan fingerprint density at radius 1 is 1.71 bits per heavy atom. The highest BCUT2D eigenvalue weighted by Gasteiger charge is 2.45. The van der Waals surface area contributed by atoms with Gasteiger partial charge in [-0.3, -0.25) is 9.35 Å². The largest absolute Gasteiger partial charge is 0.448 e. The lowest BCUT2D eigenvalue weighted by Gasteiger charge is -2.34. The Labute approximate surface area is 79.5 Å². The molecule has 8 nitrogen and oxygen atoms in total. The summed E-state index contributed by atoms with van der Waals surface area (Å²) in [4.78, 5) is 21.0. The first kappa shape index (κ1) is 10.9.